The van der Waals surface area contributed by atoms with Crippen LogP contribution in [0.15, 0.2) is 51.8 Å². The van der Waals surface area contributed by atoms with Gasteiger partial charge in [-0.2, -0.15) is 0 Å². The van der Waals surface area contributed by atoms with Crippen LogP contribution in [0.1, 0.15) is 16.3 Å². The van der Waals surface area contributed by atoms with Crippen LogP contribution in [0, 0.1) is 0 Å². The molecule has 0 aliphatic heterocycles. The lowest BCUT2D eigenvalue weighted by atomic mass is 10.3. The van der Waals surface area contributed by atoms with E-state index >= 15 is 0 Å². The van der Waals surface area contributed by atoms with E-state index in [1.165, 1.54) is 16.8 Å². The quantitative estimate of drug-likeness (QED) is 0.417. The lowest BCUT2D eigenvalue weighted by Crippen LogP contribution is -2.29. The molecule has 0 bridgehead atoms. The number of furan rings is 1. The zero-order valence-corrected chi connectivity index (χ0v) is 10.9. The van der Waals surface area contributed by atoms with Gasteiger partial charge in [-0.25, -0.2) is 10.8 Å². The number of hydrogen-bond acceptors (Lipinski definition) is 5. The third kappa shape index (κ3) is 2.41. The molecule has 2 heterocycles. The minimum absolute atomic E-state index is 0.0962. The number of amides is 1. The molecule has 0 aliphatic carbocycles. The Kier molecular flexibility index (Phi) is 3.25. The first kappa shape index (κ1) is 13.1. The van der Waals surface area contributed by atoms with Gasteiger partial charge in [0.25, 0.3) is 5.56 Å². The molecule has 2 aromatic heterocycles. The lowest BCUT2D eigenvalue weighted by Gasteiger charge is -2.07. The normalized spacial score (nSPS) is 10.7. The fraction of sp³-hybridized carbons (Fsp3) is 0.0714. The summed E-state index contributed by atoms with van der Waals surface area (Å²) in [5.41, 5.74) is 3.16. The maximum atomic E-state index is 12.0. The van der Waals surface area contributed by atoms with Gasteiger partial charge in [0.1, 0.15) is 5.76 Å². The van der Waals surface area contributed by atoms with E-state index in [1.807, 2.05) is 23.6 Å². The third-order valence-corrected chi connectivity index (χ3v) is 3.08. The Labute approximate surface area is 119 Å². The van der Waals surface area contributed by atoms with Crippen LogP contribution < -0.4 is 16.8 Å². The van der Waals surface area contributed by atoms with Crippen molar-refractivity contribution in [1.82, 2.24) is 15.0 Å². The Morgan fingerprint density at radius 2 is 2.10 bits per heavy atom. The second-order valence-corrected chi connectivity index (χ2v) is 4.41. The molecule has 3 rings (SSSR count). The Morgan fingerprint density at radius 3 is 2.90 bits per heavy atom. The highest BCUT2D eigenvalue weighted by molar-refractivity contribution is 5.90. The van der Waals surface area contributed by atoms with Crippen molar-refractivity contribution in [2.24, 2.45) is 5.84 Å². The SMILES string of the molecule is NNC(=O)c1ccc(Cn2c(=O)cnc3ccccc32)o1. The average Bonchev–Trinajstić information content (AvgIpc) is 2.98. The van der Waals surface area contributed by atoms with E-state index in [0.29, 0.717) is 16.8 Å². The molecule has 7 nitrogen and oxygen atoms in total. The first-order chi connectivity index (χ1) is 10.2. The second kappa shape index (κ2) is 5.22. The van der Waals surface area contributed by atoms with Crippen LogP contribution in [-0.4, -0.2) is 15.5 Å². The zero-order valence-electron chi connectivity index (χ0n) is 10.9. The number of carbonyl (C=O) groups is 1. The van der Waals surface area contributed by atoms with Gasteiger partial charge in [-0.3, -0.25) is 19.6 Å². The van der Waals surface area contributed by atoms with Gasteiger partial charge in [-0.05, 0) is 24.3 Å². The molecule has 0 saturated carbocycles. The predicted molar refractivity (Wildman–Crippen MR) is 75.5 cm³/mol. The van der Waals surface area contributed by atoms with E-state index in [0.717, 1.165) is 0 Å². The van der Waals surface area contributed by atoms with Crippen molar-refractivity contribution in [2.45, 2.75) is 6.54 Å². The first-order valence-corrected chi connectivity index (χ1v) is 6.23. The number of nitrogen functional groups attached to an aromatic ring is 1. The summed E-state index contributed by atoms with van der Waals surface area (Å²) in [5, 5.41) is 0. The molecule has 0 fully saturated rings. The average molecular weight is 284 g/mol. The molecule has 0 spiro atoms. The Bertz CT molecular complexity index is 866. The predicted octanol–water partition coefficient (Wildman–Crippen LogP) is 0.641. The van der Waals surface area contributed by atoms with E-state index < -0.39 is 5.91 Å². The van der Waals surface area contributed by atoms with Gasteiger partial charge in [0.15, 0.2) is 5.76 Å². The molecule has 21 heavy (non-hydrogen) atoms. The molecule has 3 aromatic rings. The first-order valence-electron chi connectivity index (χ1n) is 6.23. The number of carbonyl (C=O) groups excluding carboxylic acids is 1. The molecule has 3 N–H and O–H groups in total. The summed E-state index contributed by atoms with van der Waals surface area (Å²) in [7, 11) is 0. The van der Waals surface area contributed by atoms with Crippen LogP contribution in [0.3, 0.4) is 0 Å². The van der Waals surface area contributed by atoms with Crippen LogP contribution >= 0.6 is 0 Å². The van der Waals surface area contributed by atoms with Gasteiger partial charge >= 0.3 is 5.91 Å². The van der Waals surface area contributed by atoms with Crippen LogP contribution in [0.4, 0.5) is 0 Å². The topological polar surface area (TPSA) is 103 Å². The van der Waals surface area contributed by atoms with Crippen molar-refractivity contribution in [3.05, 3.63) is 64.5 Å². The second-order valence-electron chi connectivity index (χ2n) is 4.41. The summed E-state index contributed by atoms with van der Waals surface area (Å²) in [6, 6.07) is 10.4. The molecule has 0 atom stereocenters. The number of hydrogen-bond donors (Lipinski definition) is 2. The van der Waals surface area contributed by atoms with Gasteiger partial charge in [0.2, 0.25) is 0 Å². The number of fused-ring (bicyclic) bond motifs is 1. The molecular weight excluding hydrogens is 272 g/mol. The maximum Gasteiger partial charge on any atom is 0.300 e. The zero-order chi connectivity index (χ0) is 14.8. The number of aromatic nitrogens is 2. The summed E-state index contributed by atoms with van der Waals surface area (Å²) in [5.74, 6) is 5.10. The monoisotopic (exact) mass is 284 g/mol. The highest BCUT2D eigenvalue weighted by Crippen LogP contribution is 2.13. The molecule has 7 heteroatoms. The lowest BCUT2D eigenvalue weighted by molar-refractivity contribution is 0.0924. The molecule has 1 aromatic carbocycles. The van der Waals surface area contributed by atoms with Crippen molar-refractivity contribution >= 4 is 16.9 Å². The van der Waals surface area contributed by atoms with Crippen molar-refractivity contribution in [1.29, 1.82) is 0 Å². The van der Waals surface area contributed by atoms with E-state index in [9.17, 15) is 9.59 Å². The number of hydrazine groups is 1. The van der Waals surface area contributed by atoms with E-state index in [2.05, 4.69) is 4.98 Å². The van der Waals surface area contributed by atoms with Gasteiger partial charge < -0.3 is 4.42 Å². The minimum Gasteiger partial charge on any atom is -0.454 e. The third-order valence-electron chi connectivity index (χ3n) is 3.08. The fourth-order valence-electron chi connectivity index (χ4n) is 2.09. The molecule has 0 unspecified atom stereocenters. The van der Waals surface area contributed by atoms with E-state index in [4.69, 9.17) is 10.3 Å². The summed E-state index contributed by atoms with van der Waals surface area (Å²) in [4.78, 5) is 27.4. The summed E-state index contributed by atoms with van der Waals surface area (Å²) >= 11 is 0. The molecule has 0 radical (unpaired) electrons. The van der Waals surface area contributed by atoms with E-state index in [-0.39, 0.29) is 17.9 Å². The van der Waals surface area contributed by atoms with Crippen LogP contribution in [0.5, 0.6) is 0 Å². The highest BCUT2D eigenvalue weighted by atomic mass is 16.4. The smallest absolute Gasteiger partial charge is 0.300 e. The number of nitrogens with two attached hydrogens (primary N) is 1. The maximum absolute atomic E-state index is 12.0. The Morgan fingerprint density at radius 1 is 1.29 bits per heavy atom. The van der Waals surface area contributed by atoms with Gasteiger partial charge in [-0.1, -0.05) is 12.1 Å². The molecule has 0 aliphatic rings. The summed E-state index contributed by atoms with van der Waals surface area (Å²) in [6.45, 7) is 0.208. The van der Waals surface area contributed by atoms with Crippen molar-refractivity contribution in [3.63, 3.8) is 0 Å². The van der Waals surface area contributed by atoms with Gasteiger partial charge in [-0.15, -0.1) is 0 Å². The van der Waals surface area contributed by atoms with Crippen molar-refractivity contribution in [2.75, 3.05) is 0 Å². The molecule has 1 amide bonds. The van der Waals surface area contributed by atoms with Crippen LogP contribution in [0.25, 0.3) is 11.0 Å². The Hall–Kier alpha value is -2.93. The highest BCUT2D eigenvalue weighted by Gasteiger charge is 2.11. The number of rotatable bonds is 3. The molecule has 106 valence electrons. The van der Waals surface area contributed by atoms with Crippen LogP contribution in [-0.2, 0) is 6.54 Å². The largest absolute Gasteiger partial charge is 0.454 e. The summed E-state index contributed by atoms with van der Waals surface area (Å²) in [6.07, 6.45) is 1.26. The minimum atomic E-state index is -0.520. The number of nitrogens with zero attached hydrogens (tertiary/aromatic N) is 2. The number of para-hydroxylation sites is 2. The Balaban J connectivity index is 2.02. The number of benzene rings is 1. The molecular formula is C14H12N4O3. The van der Waals surface area contributed by atoms with Crippen molar-refractivity contribution in [3.8, 4) is 0 Å². The van der Waals surface area contributed by atoms with Crippen LogP contribution in [0.2, 0.25) is 0 Å². The number of nitrogens with one attached hydrogen (secondary N) is 1. The fourth-order valence-corrected chi connectivity index (χ4v) is 2.09. The van der Waals surface area contributed by atoms with Crippen molar-refractivity contribution < 1.29 is 9.21 Å². The molecule has 0 saturated heterocycles. The standard InChI is InChI=1S/C14H12N4O3/c15-17-14(20)12-6-5-9(21-12)8-18-11-4-2-1-3-10(11)16-7-13(18)19/h1-7H,8,15H2,(H,17,20). The van der Waals surface area contributed by atoms with Gasteiger partial charge in [0.05, 0.1) is 23.8 Å². The summed E-state index contributed by atoms with van der Waals surface area (Å²) < 4.78 is 6.91. The van der Waals surface area contributed by atoms with Gasteiger partial charge in [0, 0.05) is 0 Å². The van der Waals surface area contributed by atoms with E-state index in [1.54, 1.807) is 12.1 Å².